The average Bonchev–Trinajstić information content (AvgIpc) is 2.82. The van der Waals surface area contributed by atoms with Crippen molar-refractivity contribution < 1.29 is 14.3 Å². The van der Waals surface area contributed by atoms with E-state index in [0.29, 0.717) is 25.4 Å². The molecule has 20 heavy (non-hydrogen) atoms. The molecule has 0 unspecified atom stereocenters. The normalized spacial score (nSPS) is 10.3. The maximum Gasteiger partial charge on any atom is 0.269 e. The molecule has 0 saturated carbocycles. The van der Waals surface area contributed by atoms with Crippen LogP contribution in [0.1, 0.15) is 29.5 Å². The molecule has 0 aliphatic rings. The van der Waals surface area contributed by atoms with E-state index >= 15 is 0 Å². The van der Waals surface area contributed by atoms with Crippen LogP contribution in [0, 0.1) is 6.92 Å². The molecular weight excluding hydrogens is 260 g/mol. The lowest BCUT2D eigenvalue weighted by atomic mass is 10.3. The van der Waals surface area contributed by atoms with Crippen molar-refractivity contribution in [2.45, 2.75) is 26.8 Å². The SMILES string of the molecule is CCn1nc(C)cc1C(=O)NCC(=O)NCCCOC. The van der Waals surface area contributed by atoms with Gasteiger partial charge in [-0.15, -0.1) is 0 Å². The van der Waals surface area contributed by atoms with Gasteiger partial charge in [0.05, 0.1) is 12.2 Å². The first kappa shape index (κ1) is 16.2. The highest BCUT2D eigenvalue weighted by Crippen LogP contribution is 2.03. The Hall–Kier alpha value is -1.89. The Bertz CT molecular complexity index is 456. The summed E-state index contributed by atoms with van der Waals surface area (Å²) in [7, 11) is 1.61. The minimum Gasteiger partial charge on any atom is -0.385 e. The Morgan fingerprint density at radius 2 is 2.15 bits per heavy atom. The lowest BCUT2D eigenvalue weighted by Gasteiger charge is -2.07. The van der Waals surface area contributed by atoms with E-state index in [1.165, 1.54) is 0 Å². The van der Waals surface area contributed by atoms with Gasteiger partial charge in [-0.05, 0) is 26.3 Å². The third-order valence-electron chi connectivity index (χ3n) is 2.69. The minimum absolute atomic E-state index is 0.0419. The Labute approximate surface area is 118 Å². The van der Waals surface area contributed by atoms with Crippen LogP contribution >= 0.6 is 0 Å². The molecule has 0 fully saturated rings. The Morgan fingerprint density at radius 1 is 1.40 bits per heavy atom. The minimum atomic E-state index is -0.292. The molecule has 112 valence electrons. The van der Waals surface area contributed by atoms with Gasteiger partial charge < -0.3 is 15.4 Å². The maximum atomic E-state index is 11.9. The highest BCUT2D eigenvalue weighted by Gasteiger charge is 2.13. The molecule has 0 aliphatic heterocycles. The van der Waals surface area contributed by atoms with E-state index in [4.69, 9.17) is 4.74 Å². The van der Waals surface area contributed by atoms with Crippen LogP contribution < -0.4 is 10.6 Å². The van der Waals surface area contributed by atoms with Crippen molar-refractivity contribution >= 4 is 11.8 Å². The smallest absolute Gasteiger partial charge is 0.269 e. The van der Waals surface area contributed by atoms with Gasteiger partial charge in [-0.1, -0.05) is 0 Å². The van der Waals surface area contributed by atoms with Crippen molar-refractivity contribution in [2.24, 2.45) is 0 Å². The van der Waals surface area contributed by atoms with Crippen LogP contribution in [-0.4, -0.2) is 48.4 Å². The Morgan fingerprint density at radius 3 is 2.80 bits per heavy atom. The molecular formula is C13H22N4O3. The number of hydrogen-bond donors (Lipinski definition) is 2. The van der Waals surface area contributed by atoms with Gasteiger partial charge in [0.1, 0.15) is 5.69 Å². The first-order chi connectivity index (χ1) is 9.58. The fourth-order valence-corrected chi connectivity index (χ4v) is 1.73. The monoisotopic (exact) mass is 282 g/mol. The Kier molecular flexibility index (Phi) is 6.72. The van der Waals surface area contributed by atoms with Gasteiger partial charge in [0.15, 0.2) is 0 Å². The summed E-state index contributed by atoms with van der Waals surface area (Å²) in [4.78, 5) is 23.5. The molecule has 2 N–H and O–H groups in total. The largest absolute Gasteiger partial charge is 0.385 e. The van der Waals surface area contributed by atoms with Gasteiger partial charge in [-0.3, -0.25) is 14.3 Å². The standard InChI is InChI=1S/C13H22N4O3/c1-4-17-11(8-10(2)16-17)13(19)15-9-12(18)14-6-5-7-20-3/h8H,4-7,9H2,1-3H3,(H,14,18)(H,15,19). The molecule has 0 spiro atoms. The number of amides is 2. The molecule has 2 amide bonds. The Balaban J connectivity index is 2.37. The lowest BCUT2D eigenvalue weighted by Crippen LogP contribution is -2.38. The zero-order valence-electron chi connectivity index (χ0n) is 12.2. The zero-order valence-corrected chi connectivity index (χ0v) is 12.2. The number of rotatable bonds is 8. The van der Waals surface area contributed by atoms with Crippen LogP contribution in [0.2, 0.25) is 0 Å². The average molecular weight is 282 g/mol. The first-order valence-corrected chi connectivity index (χ1v) is 6.66. The number of carbonyl (C=O) groups is 2. The summed E-state index contributed by atoms with van der Waals surface area (Å²) >= 11 is 0. The third kappa shape index (κ3) is 5.00. The second kappa shape index (κ2) is 8.31. The van der Waals surface area contributed by atoms with Gasteiger partial charge >= 0.3 is 0 Å². The fraction of sp³-hybridized carbons (Fsp3) is 0.615. The van der Waals surface area contributed by atoms with E-state index in [1.807, 2.05) is 13.8 Å². The molecule has 0 atom stereocenters. The highest BCUT2D eigenvalue weighted by molar-refractivity contribution is 5.95. The summed E-state index contributed by atoms with van der Waals surface area (Å²) in [5.41, 5.74) is 1.25. The maximum absolute atomic E-state index is 11.9. The molecule has 1 aromatic heterocycles. The van der Waals surface area contributed by atoms with E-state index in [9.17, 15) is 9.59 Å². The van der Waals surface area contributed by atoms with E-state index in [1.54, 1.807) is 17.9 Å². The molecule has 7 nitrogen and oxygen atoms in total. The summed E-state index contributed by atoms with van der Waals surface area (Å²) in [6.45, 7) is 5.44. The number of methoxy groups -OCH3 is 1. The fourth-order valence-electron chi connectivity index (χ4n) is 1.73. The van der Waals surface area contributed by atoms with E-state index in [0.717, 1.165) is 12.1 Å². The van der Waals surface area contributed by atoms with Crippen LogP contribution in [0.15, 0.2) is 6.07 Å². The third-order valence-corrected chi connectivity index (χ3v) is 2.69. The molecule has 1 heterocycles. The number of carbonyl (C=O) groups excluding carboxylic acids is 2. The summed E-state index contributed by atoms with van der Waals surface area (Å²) in [6, 6.07) is 1.70. The molecule has 0 aliphatic carbocycles. The summed E-state index contributed by atoms with van der Waals surface area (Å²) in [5.74, 6) is -0.506. The van der Waals surface area contributed by atoms with Crippen molar-refractivity contribution in [2.75, 3.05) is 26.8 Å². The van der Waals surface area contributed by atoms with Crippen molar-refractivity contribution in [1.82, 2.24) is 20.4 Å². The molecule has 0 radical (unpaired) electrons. The van der Waals surface area contributed by atoms with Crippen LogP contribution in [0.3, 0.4) is 0 Å². The summed E-state index contributed by atoms with van der Waals surface area (Å²) < 4.78 is 6.49. The number of aromatic nitrogens is 2. The molecule has 0 bridgehead atoms. The van der Waals surface area contributed by atoms with Crippen molar-refractivity contribution in [3.63, 3.8) is 0 Å². The van der Waals surface area contributed by atoms with Gasteiger partial charge in [-0.2, -0.15) is 5.10 Å². The van der Waals surface area contributed by atoms with Crippen LogP contribution in [0.25, 0.3) is 0 Å². The number of nitrogens with zero attached hydrogens (tertiary/aromatic N) is 2. The summed E-state index contributed by atoms with van der Waals surface area (Å²) in [5, 5.41) is 9.48. The van der Waals surface area contributed by atoms with Crippen LogP contribution in [0.5, 0.6) is 0 Å². The topological polar surface area (TPSA) is 85.2 Å². The van der Waals surface area contributed by atoms with Gasteiger partial charge in [-0.25, -0.2) is 0 Å². The van der Waals surface area contributed by atoms with E-state index < -0.39 is 0 Å². The second-order valence-electron chi connectivity index (χ2n) is 4.37. The molecule has 7 heteroatoms. The van der Waals surface area contributed by atoms with Crippen molar-refractivity contribution in [3.8, 4) is 0 Å². The zero-order chi connectivity index (χ0) is 15.0. The van der Waals surface area contributed by atoms with E-state index in [2.05, 4.69) is 15.7 Å². The van der Waals surface area contributed by atoms with Gasteiger partial charge in [0.2, 0.25) is 5.91 Å². The molecule has 0 saturated heterocycles. The number of nitrogens with one attached hydrogen (secondary N) is 2. The van der Waals surface area contributed by atoms with Crippen LogP contribution in [0.4, 0.5) is 0 Å². The van der Waals surface area contributed by atoms with Crippen molar-refractivity contribution in [3.05, 3.63) is 17.5 Å². The number of hydrogen-bond acceptors (Lipinski definition) is 4. The predicted molar refractivity (Wildman–Crippen MR) is 74.5 cm³/mol. The molecule has 0 aromatic carbocycles. The predicted octanol–water partition coefficient (Wildman–Crippen LogP) is 0.0939. The summed E-state index contributed by atoms with van der Waals surface area (Å²) in [6.07, 6.45) is 0.748. The number of ether oxygens (including phenoxy) is 1. The van der Waals surface area contributed by atoms with E-state index in [-0.39, 0.29) is 18.4 Å². The lowest BCUT2D eigenvalue weighted by molar-refractivity contribution is -0.120. The van der Waals surface area contributed by atoms with Gasteiger partial charge in [0.25, 0.3) is 5.91 Å². The van der Waals surface area contributed by atoms with Crippen molar-refractivity contribution in [1.29, 1.82) is 0 Å². The second-order valence-corrected chi connectivity index (χ2v) is 4.37. The number of aryl methyl sites for hydroxylation is 2. The first-order valence-electron chi connectivity index (χ1n) is 6.66. The van der Waals surface area contributed by atoms with Crippen LogP contribution in [-0.2, 0) is 16.1 Å². The highest BCUT2D eigenvalue weighted by atomic mass is 16.5. The van der Waals surface area contributed by atoms with Gasteiger partial charge in [0, 0.05) is 26.8 Å². The quantitative estimate of drug-likeness (QED) is 0.662. The molecule has 1 aromatic rings. The molecule has 1 rings (SSSR count).